The summed E-state index contributed by atoms with van der Waals surface area (Å²) in [6.07, 6.45) is 0. The fraction of sp³-hybridized carbons (Fsp3) is 0.0833. The Kier molecular flexibility index (Phi) is 6.02. The molecule has 0 saturated carbocycles. The van der Waals surface area contributed by atoms with Crippen molar-refractivity contribution in [1.82, 2.24) is 0 Å². The van der Waals surface area contributed by atoms with Crippen molar-refractivity contribution in [3.8, 4) is 5.75 Å². The Morgan fingerprint density at radius 1 is 0.893 bits per heavy atom. The predicted molar refractivity (Wildman–Crippen MR) is 111 cm³/mol. The number of hydrogen-bond acceptors (Lipinski definition) is 3. The highest BCUT2D eigenvalue weighted by molar-refractivity contribution is 6.15. The van der Waals surface area contributed by atoms with Gasteiger partial charge >= 0.3 is 0 Å². The molecule has 28 heavy (non-hydrogen) atoms. The summed E-state index contributed by atoms with van der Waals surface area (Å²) >= 11 is 0. The van der Waals surface area contributed by atoms with Gasteiger partial charge in [0.1, 0.15) is 12.4 Å². The summed E-state index contributed by atoms with van der Waals surface area (Å²) in [5, 5.41) is 2.84. The van der Waals surface area contributed by atoms with Crippen LogP contribution >= 0.6 is 0 Å². The number of amides is 1. The second-order valence-electron chi connectivity index (χ2n) is 6.47. The molecule has 4 nitrogen and oxygen atoms in total. The van der Waals surface area contributed by atoms with Crippen molar-refractivity contribution in [2.45, 2.75) is 6.92 Å². The predicted octanol–water partition coefficient (Wildman–Crippen LogP) is 5.12. The summed E-state index contributed by atoms with van der Waals surface area (Å²) in [5.41, 5.74) is 2.81. The van der Waals surface area contributed by atoms with Gasteiger partial charge in [0.15, 0.2) is 5.78 Å². The quantitative estimate of drug-likeness (QED) is 0.463. The van der Waals surface area contributed by atoms with Gasteiger partial charge in [0.2, 0.25) is 0 Å². The molecule has 0 radical (unpaired) electrons. The Hall–Kier alpha value is -3.66. The number of rotatable bonds is 7. The standard InChI is InChI=1S/C24H21NO3/c1-17(2)16-28-20-12-8-11-19(15-20)24(27)25-22-14-7-6-13-21(22)23(26)18-9-4-3-5-10-18/h3-15H,1,16H2,2H3,(H,25,27). The van der Waals surface area contributed by atoms with Crippen LogP contribution in [0.15, 0.2) is 91.0 Å². The van der Waals surface area contributed by atoms with Crippen LogP contribution < -0.4 is 10.1 Å². The van der Waals surface area contributed by atoms with Crippen molar-refractivity contribution in [2.75, 3.05) is 11.9 Å². The number of anilines is 1. The van der Waals surface area contributed by atoms with E-state index in [1.165, 1.54) is 0 Å². The zero-order chi connectivity index (χ0) is 19.9. The van der Waals surface area contributed by atoms with Crippen LogP contribution in [-0.4, -0.2) is 18.3 Å². The van der Waals surface area contributed by atoms with Gasteiger partial charge in [-0.15, -0.1) is 0 Å². The molecule has 0 aliphatic carbocycles. The fourth-order valence-corrected chi connectivity index (χ4v) is 2.66. The zero-order valence-electron chi connectivity index (χ0n) is 15.6. The highest BCUT2D eigenvalue weighted by atomic mass is 16.5. The smallest absolute Gasteiger partial charge is 0.255 e. The Labute approximate surface area is 164 Å². The molecule has 0 atom stereocenters. The highest BCUT2D eigenvalue weighted by Crippen LogP contribution is 2.21. The molecule has 0 bridgehead atoms. The SMILES string of the molecule is C=C(C)COc1cccc(C(=O)Nc2ccccc2C(=O)c2ccccc2)c1. The summed E-state index contributed by atoms with van der Waals surface area (Å²) < 4.78 is 5.59. The van der Waals surface area contributed by atoms with E-state index < -0.39 is 0 Å². The van der Waals surface area contributed by atoms with E-state index in [0.29, 0.717) is 34.7 Å². The molecule has 0 saturated heterocycles. The number of ether oxygens (including phenoxy) is 1. The lowest BCUT2D eigenvalue weighted by molar-refractivity contribution is 0.102. The van der Waals surface area contributed by atoms with Gasteiger partial charge in [0.25, 0.3) is 5.91 Å². The lowest BCUT2D eigenvalue weighted by atomic mass is 10.0. The van der Waals surface area contributed by atoms with Crippen LogP contribution in [0, 0.1) is 0 Å². The molecule has 0 heterocycles. The summed E-state index contributed by atoms with van der Waals surface area (Å²) in [6.45, 7) is 6.06. The van der Waals surface area contributed by atoms with Gasteiger partial charge in [-0.2, -0.15) is 0 Å². The monoisotopic (exact) mass is 371 g/mol. The van der Waals surface area contributed by atoms with Crippen molar-refractivity contribution in [3.63, 3.8) is 0 Å². The van der Waals surface area contributed by atoms with E-state index >= 15 is 0 Å². The maximum atomic E-state index is 12.8. The van der Waals surface area contributed by atoms with E-state index in [-0.39, 0.29) is 11.7 Å². The summed E-state index contributed by atoms with van der Waals surface area (Å²) in [6, 6.07) is 22.9. The molecule has 3 rings (SSSR count). The third kappa shape index (κ3) is 4.74. The largest absolute Gasteiger partial charge is 0.489 e. The Morgan fingerprint density at radius 3 is 2.32 bits per heavy atom. The first-order valence-electron chi connectivity index (χ1n) is 8.92. The molecule has 0 fully saturated rings. The van der Waals surface area contributed by atoms with Gasteiger partial charge in [-0.3, -0.25) is 9.59 Å². The number of carbonyl (C=O) groups is 2. The molecule has 0 aliphatic rings. The van der Waals surface area contributed by atoms with E-state index in [4.69, 9.17) is 4.74 Å². The molecule has 4 heteroatoms. The van der Waals surface area contributed by atoms with Crippen LogP contribution in [0.25, 0.3) is 0 Å². The number of nitrogens with one attached hydrogen (secondary N) is 1. The minimum atomic E-state index is -0.311. The number of hydrogen-bond donors (Lipinski definition) is 1. The van der Waals surface area contributed by atoms with Gasteiger partial charge in [-0.1, -0.05) is 55.1 Å². The van der Waals surface area contributed by atoms with Crippen LogP contribution in [0.1, 0.15) is 33.2 Å². The number of benzene rings is 3. The van der Waals surface area contributed by atoms with E-state index in [2.05, 4.69) is 11.9 Å². The number of ketones is 1. The molecular weight excluding hydrogens is 350 g/mol. The van der Waals surface area contributed by atoms with Gasteiger partial charge in [0.05, 0.1) is 5.69 Å². The maximum absolute atomic E-state index is 12.8. The van der Waals surface area contributed by atoms with E-state index in [1.54, 1.807) is 60.7 Å². The third-order valence-corrected chi connectivity index (χ3v) is 4.04. The molecule has 3 aromatic carbocycles. The Balaban J connectivity index is 1.81. The normalized spacial score (nSPS) is 10.2. The first kappa shape index (κ1) is 19.1. The molecule has 140 valence electrons. The van der Waals surface area contributed by atoms with E-state index in [9.17, 15) is 9.59 Å². The van der Waals surface area contributed by atoms with Gasteiger partial charge in [-0.05, 0) is 42.8 Å². The zero-order valence-corrected chi connectivity index (χ0v) is 15.6. The van der Waals surface area contributed by atoms with E-state index in [1.807, 2.05) is 25.1 Å². The summed E-state index contributed by atoms with van der Waals surface area (Å²) in [5.74, 6) is 0.133. The summed E-state index contributed by atoms with van der Waals surface area (Å²) in [4.78, 5) is 25.5. The second-order valence-corrected chi connectivity index (χ2v) is 6.47. The van der Waals surface area contributed by atoms with Crippen molar-refractivity contribution in [2.24, 2.45) is 0 Å². The van der Waals surface area contributed by atoms with Gasteiger partial charge in [-0.25, -0.2) is 0 Å². The molecule has 3 aromatic rings. The minimum Gasteiger partial charge on any atom is -0.489 e. The first-order chi connectivity index (χ1) is 13.5. The van der Waals surface area contributed by atoms with Crippen LogP contribution in [0.2, 0.25) is 0 Å². The average molecular weight is 371 g/mol. The Morgan fingerprint density at radius 2 is 1.57 bits per heavy atom. The molecule has 0 aliphatic heterocycles. The van der Waals surface area contributed by atoms with Crippen LogP contribution in [0.5, 0.6) is 5.75 Å². The number of carbonyl (C=O) groups excluding carboxylic acids is 2. The van der Waals surface area contributed by atoms with E-state index in [0.717, 1.165) is 5.57 Å². The molecular formula is C24H21NO3. The molecule has 1 N–H and O–H groups in total. The third-order valence-electron chi connectivity index (χ3n) is 4.04. The van der Waals surface area contributed by atoms with Gasteiger partial charge < -0.3 is 10.1 Å². The molecule has 0 spiro atoms. The first-order valence-corrected chi connectivity index (χ1v) is 8.92. The Bertz CT molecular complexity index is 1010. The van der Waals surface area contributed by atoms with Crippen molar-refractivity contribution in [1.29, 1.82) is 0 Å². The highest BCUT2D eigenvalue weighted by Gasteiger charge is 2.15. The van der Waals surface area contributed by atoms with Gasteiger partial charge in [0, 0.05) is 16.7 Å². The topological polar surface area (TPSA) is 55.4 Å². The minimum absolute atomic E-state index is 0.143. The van der Waals surface area contributed by atoms with Crippen LogP contribution in [-0.2, 0) is 0 Å². The number of para-hydroxylation sites is 1. The molecule has 0 unspecified atom stereocenters. The molecule has 1 amide bonds. The van der Waals surface area contributed by atoms with Crippen molar-refractivity contribution >= 4 is 17.4 Å². The molecule has 0 aromatic heterocycles. The average Bonchev–Trinajstić information content (AvgIpc) is 2.73. The van der Waals surface area contributed by atoms with Crippen molar-refractivity contribution in [3.05, 3.63) is 108 Å². The fourth-order valence-electron chi connectivity index (χ4n) is 2.66. The summed E-state index contributed by atoms with van der Waals surface area (Å²) in [7, 11) is 0. The lowest BCUT2D eigenvalue weighted by Gasteiger charge is -2.12. The second kappa shape index (κ2) is 8.82. The van der Waals surface area contributed by atoms with Crippen molar-refractivity contribution < 1.29 is 14.3 Å². The lowest BCUT2D eigenvalue weighted by Crippen LogP contribution is -2.15. The maximum Gasteiger partial charge on any atom is 0.255 e. The van der Waals surface area contributed by atoms with Crippen LogP contribution in [0.4, 0.5) is 5.69 Å². The van der Waals surface area contributed by atoms with Crippen LogP contribution in [0.3, 0.4) is 0 Å².